The topological polar surface area (TPSA) is 37.4 Å². The molecule has 0 aromatic heterocycles. The summed E-state index contributed by atoms with van der Waals surface area (Å²) in [5, 5.41) is 0. The van der Waals surface area contributed by atoms with Crippen molar-refractivity contribution in [2.45, 2.75) is 51.5 Å². The van der Waals surface area contributed by atoms with Crippen LogP contribution in [-0.4, -0.2) is 22.8 Å². The van der Waals surface area contributed by atoms with E-state index in [1.165, 1.54) is 6.42 Å². The van der Waals surface area contributed by atoms with Gasteiger partial charge >= 0.3 is 0 Å². The van der Waals surface area contributed by atoms with Crippen LogP contribution in [0.15, 0.2) is 24.3 Å². The number of amides is 2. The summed E-state index contributed by atoms with van der Waals surface area (Å²) in [6.07, 6.45) is 6.00. The third kappa shape index (κ3) is 2.37. The molecule has 2 fully saturated rings. The maximum absolute atomic E-state index is 12.7. The van der Waals surface area contributed by atoms with Gasteiger partial charge in [0.1, 0.15) is 0 Å². The Labute approximate surface area is 120 Å². The van der Waals surface area contributed by atoms with E-state index in [4.69, 9.17) is 0 Å². The summed E-state index contributed by atoms with van der Waals surface area (Å²) in [5.41, 5.74) is 1.76. The molecule has 1 heterocycles. The number of imide groups is 1. The predicted molar refractivity (Wildman–Crippen MR) is 77.3 cm³/mol. The fourth-order valence-corrected chi connectivity index (χ4v) is 3.58. The van der Waals surface area contributed by atoms with E-state index in [0.29, 0.717) is 17.9 Å². The first-order valence-corrected chi connectivity index (χ1v) is 7.60. The van der Waals surface area contributed by atoms with Crippen molar-refractivity contribution in [2.75, 3.05) is 0 Å². The molecule has 106 valence electrons. The SMILES string of the molecule is Cc1ccc(C(=O)N2C(=O)CCC3CCCCC32)cc1. The molecule has 2 aliphatic rings. The van der Waals surface area contributed by atoms with E-state index < -0.39 is 0 Å². The third-order valence-electron chi connectivity index (χ3n) is 4.72. The molecule has 0 N–H and O–H groups in total. The zero-order valence-corrected chi connectivity index (χ0v) is 12.0. The number of fused-ring (bicyclic) bond motifs is 1. The van der Waals surface area contributed by atoms with Crippen molar-refractivity contribution in [1.82, 2.24) is 4.90 Å². The molecule has 1 aliphatic heterocycles. The Kier molecular flexibility index (Phi) is 3.60. The van der Waals surface area contributed by atoms with Gasteiger partial charge in [0.2, 0.25) is 5.91 Å². The first kappa shape index (κ1) is 13.3. The summed E-state index contributed by atoms with van der Waals surface area (Å²) in [6.45, 7) is 2.00. The number of benzene rings is 1. The molecule has 1 aromatic rings. The van der Waals surface area contributed by atoms with E-state index >= 15 is 0 Å². The van der Waals surface area contributed by atoms with Gasteiger partial charge in [0.15, 0.2) is 0 Å². The molecule has 1 aromatic carbocycles. The lowest BCUT2D eigenvalue weighted by Crippen LogP contribution is -2.52. The predicted octanol–water partition coefficient (Wildman–Crippen LogP) is 3.32. The van der Waals surface area contributed by atoms with Gasteiger partial charge in [-0.3, -0.25) is 14.5 Å². The minimum atomic E-state index is -0.105. The van der Waals surface area contributed by atoms with Crippen LogP contribution in [0, 0.1) is 12.8 Å². The molecule has 0 radical (unpaired) electrons. The Morgan fingerprint density at radius 3 is 2.55 bits per heavy atom. The minimum Gasteiger partial charge on any atom is -0.275 e. The monoisotopic (exact) mass is 271 g/mol. The fraction of sp³-hybridized carbons (Fsp3) is 0.529. The van der Waals surface area contributed by atoms with Crippen LogP contribution in [0.1, 0.15) is 54.4 Å². The number of hydrogen-bond acceptors (Lipinski definition) is 2. The number of rotatable bonds is 1. The smallest absolute Gasteiger partial charge is 0.260 e. The fourth-order valence-electron chi connectivity index (χ4n) is 3.58. The van der Waals surface area contributed by atoms with E-state index in [1.54, 1.807) is 4.90 Å². The van der Waals surface area contributed by atoms with Crippen LogP contribution < -0.4 is 0 Å². The quantitative estimate of drug-likeness (QED) is 0.735. The molecular weight excluding hydrogens is 250 g/mol. The van der Waals surface area contributed by atoms with Crippen LogP contribution in [0.2, 0.25) is 0 Å². The molecule has 20 heavy (non-hydrogen) atoms. The van der Waals surface area contributed by atoms with E-state index in [-0.39, 0.29) is 17.9 Å². The summed E-state index contributed by atoms with van der Waals surface area (Å²) in [6, 6.07) is 7.66. The average Bonchev–Trinajstić information content (AvgIpc) is 2.47. The normalized spacial score (nSPS) is 26.2. The average molecular weight is 271 g/mol. The van der Waals surface area contributed by atoms with E-state index in [1.807, 2.05) is 31.2 Å². The van der Waals surface area contributed by atoms with Crippen LogP contribution in [0.25, 0.3) is 0 Å². The summed E-state index contributed by atoms with van der Waals surface area (Å²) in [5.74, 6) is 0.432. The Balaban J connectivity index is 1.87. The lowest BCUT2D eigenvalue weighted by molar-refractivity contribution is -0.135. The summed E-state index contributed by atoms with van der Waals surface area (Å²) in [7, 11) is 0. The largest absolute Gasteiger partial charge is 0.275 e. The third-order valence-corrected chi connectivity index (χ3v) is 4.72. The number of nitrogens with zero attached hydrogens (tertiary/aromatic N) is 1. The molecule has 1 aliphatic carbocycles. The minimum absolute atomic E-state index is 0.0127. The first-order valence-electron chi connectivity index (χ1n) is 7.60. The number of likely N-dealkylation sites (tertiary alicyclic amines) is 1. The van der Waals surface area contributed by atoms with Crippen molar-refractivity contribution in [2.24, 2.45) is 5.92 Å². The first-order chi connectivity index (χ1) is 9.66. The molecule has 0 spiro atoms. The zero-order valence-electron chi connectivity index (χ0n) is 12.0. The molecule has 1 saturated heterocycles. The molecule has 0 bridgehead atoms. The Morgan fingerprint density at radius 2 is 1.80 bits per heavy atom. The molecule has 3 rings (SSSR count). The summed E-state index contributed by atoms with van der Waals surface area (Å²) in [4.78, 5) is 26.5. The van der Waals surface area contributed by atoms with E-state index in [0.717, 1.165) is 31.2 Å². The zero-order chi connectivity index (χ0) is 14.1. The van der Waals surface area contributed by atoms with Gasteiger partial charge in [0, 0.05) is 18.0 Å². The van der Waals surface area contributed by atoms with E-state index in [9.17, 15) is 9.59 Å². The Bertz CT molecular complexity index is 520. The van der Waals surface area contributed by atoms with Gasteiger partial charge in [-0.15, -0.1) is 0 Å². The van der Waals surface area contributed by atoms with Gasteiger partial charge in [-0.1, -0.05) is 30.5 Å². The van der Waals surface area contributed by atoms with Crippen molar-refractivity contribution < 1.29 is 9.59 Å². The van der Waals surface area contributed by atoms with Gasteiger partial charge in [-0.05, 0) is 44.2 Å². The van der Waals surface area contributed by atoms with Crippen molar-refractivity contribution in [3.05, 3.63) is 35.4 Å². The molecular formula is C17H21NO2. The van der Waals surface area contributed by atoms with Crippen molar-refractivity contribution >= 4 is 11.8 Å². The van der Waals surface area contributed by atoms with Crippen LogP contribution in [-0.2, 0) is 4.79 Å². The molecule has 2 unspecified atom stereocenters. The lowest BCUT2D eigenvalue weighted by Gasteiger charge is -2.42. The highest BCUT2D eigenvalue weighted by molar-refractivity contribution is 6.05. The van der Waals surface area contributed by atoms with Crippen LogP contribution in [0.4, 0.5) is 0 Å². The Morgan fingerprint density at radius 1 is 1.10 bits per heavy atom. The van der Waals surface area contributed by atoms with Gasteiger partial charge in [0.05, 0.1) is 0 Å². The second-order valence-electron chi connectivity index (χ2n) is 6.09. The molecule has 2 atom stereocenters. The van der Waals surface area contributed by atoms with E-state index in [2.05, 4.69) is 0 Å². The van der Waals surface area contributed by atoms with Gasteiger partial charge in [-0.25, -0.2) is 0 Å². The Hall–Kier alpha value is -1.64. The maximum Gasteiger partial charge on any atom is 0.260 e. The van der Waals surface area contributed by atoms with Crippen LogP contribution in [0.5, 0.6) is 0 Å². The van der Waals surface area contributed by atoms with Gasteiger partial charge < -0.3 is 0 Å². The molecule has 3 nitrogen and oxygen atoms in total. The van der Waals surface area contributed by atoms with Gasteiger partial charge in [0.25, 0.3) is 5.91 Å². The second kappa shape index (κ2) is 5.39. The standard InChI is InChI=1S/C17H21NO2/c1-12-6-8-14(9-7-12)17(20)18-15-5-3-2-4-13(15)10-11-16(18)19/h6-9,13,15H,2-5,10-11H2,1H3. The number of carbonyl (C=O) groups excluding carboxylic acids is 2. The van der Waals surface area contributed by atoms with Crippen molar-refractivity contribution in [3.63, 3.8) is 0 Å². The van der Waals surface area contributed by atoms with Crippen LogP contribution in [0.3, 0.4) is 0 Å². The molecule has 3 heteroatoms. The van der Waals surface area contributed by atoms with Crippen molar-refractivity contribution in [1.29, 1.82) is 0 Å². The highest BCUT2D eigenvalue weighted by atomic mass is 16.2. The number of piperidine rings is 1. The summed E-state index contributed by atoms with van der Waals surface area (Å²) < 4.78 is 0. The van der Waals surface area contributed by atoms with Gasteiger partial charge in [-0.2, -0.15) is 0 Å². The molecule has 2 amide bonds. The molecule has 1 saturated carbocycles. The highest BCUT2D eigenvalue weighted by Crippen LogP contribution is 2.36. The highest BCUT2D eigenvalue weighted by Gasteiger charge is 2.40. The maximum atomic E-state index is 12.7. The number of hydrogen-bond donors (Lipinski definition) is 0. The lowest BCUT2D eigenvalue weighted by atomic mass is 9.78. The number of carbonyl (C=O) groups is 2. The van der Waals surface area contributed by atoms with Crippen molar-refractivity contribution in [3.8, 4) is 0 Å². The summed E-state index contributed by atoms with van der Waals surface area (Å²) >= 11 is 0. The number of aryl methyl sites for hydroxylation is 1. The second-order valence-corrected chi connectivity index (χ2v) is 6.09. The van der Waals surface area contributed by atoms with Crippen LogP contribution >= 0.6 is 0 Å².